The summed E-state index contributed by atoms with van der Waals surface area (Å²) in [6.45, 7) is 0.597. The van der Waals surface area contributed by atoms with Gasteiger partial charge in [0, 0.05) is 27.7 Å². The molecule has 0 saturated carbocycles. The van der Waals surface area contributed by atoms with Gasteiger partial charge in [0.25, 0.3) is 0 Å². The molecule has 0 aromatic heterocycles. The zero-order valence-corrected chi connectivity index (χ0v) is 13.5. The van der Waals surface area contributed by atoms with E-state index in [4.69, 9.17) is 39.5 Å². The van der Waals surface area contributed by atoms with Gasteiger partial charge in [-0.3, -0.25) is 0 Å². The average Bonchev–Trinajstić information content (AvgIpc) is 2.40. The molecule has 0 amide bonds. The maximum absolute atomic E-state index is 13.7. The first-order valence-electron chi connectivity index (χ1n) is 6.20. The van der Waals surface area contributed by atoms with Crippen LogP contribution in [-0.2, 0) is 13.2 Å². The molecule has 6 heteroatoms. The zero-order chi connectivity index (χ0) is 15.4. The minimum absolute atomic E-state index is 0.0566. The topological polar surface area (TPSA) is 21.3 Å². The van der Waals surface area contributed by atoms with Crippen molar-refractivity contribution in [3.05, 3.63) is 62.3 Å². The first kappa shape index (κ1) is 16.4. The first-order valence-corrected chi connectivity index (χ1v) is 7.34. The fourth-order valence-corrected chi connectivity index (χ4v) is 2.63. The van der Waals surface area contributed by atoms with Crippen LogP contribution in [-0.4, -0.2) is 7.05 Å². The molecule has 0 heterocycles. The van der Waals surface area contributed by atoms with E-state index < -0.39 is 5.82 Å². The summed E-state index contributed by atoms with van der Waals surface area (Å²) in [6, 6.07) is 7.80. The highest BCUT2D eigenvalue weighted by atomic mass is 35.5. The van der Waals surface area contributed by atoms with Gasteiger partial charge in [-0.25, -0.2) is 4.39 Å². The summed E-state index contributed by atoms with van der Waals surface area (Å²) in [5, 5.41) is 4.27. The number of halogens is 4. The summed E-state index contributed by atoms with van der Waals surface area (Å²) >= 11 is 17.8. The summed E-state index contributed by atoms with van der Waals surface area (Å²) in [6.07, 6.45) is 0. The highest BCUT2D eigenvalue weighted by Gasteiger charge is 2.12. The van der Waals surface area contributed by atoms with Gasteiger partial charge in [0.1, 0.15) is 18.2 Å². The van der Waals surface area contributed by atoms with Crippen molar-refractivity contribution in [3.8, 4) is 5.75 Å². The van der Waals surface area contributed by atoms with E-state index in [-0.39, 0.29) is 6.61 Å². The Balaban J connectivity index is 2.23. The Kier molecular flexibility index (Phi) is 5.71. The van der Waals surface area contributed by atoms with Gasteiger partial charge in [0.05, 0.1) is 5.02 Å². The van der Waals surface area contributed by atoms with Crippen molar-refractivity contribution in [2.24, 2.45) is 0 Å². The van der Waals surface area contributed by atoms with Gasteiger partial charge in [-0.1, -0.05) is 40.9 Å². The Morgan fingerprint density at radius 1 is 1.05 bits per heavy atom. The van der Waals surface area contributed by atoms with Gasteiger partial charge in [-0.05, 0) is 31.3 Å². The molecule has 2 aromatic carbocycles. The van der Waals surface area contributed by atoms with Crippen LogP contribution >= 0.6 is 34.8 Å². The normalized spacial score (nSPS) is 10.7. The summed E-state index contributed by atoms with van der Waals surface area (Å²) in [5.74, 6) is 0.0764. The van der Waals surface area contributed by atoms with Crippen LogP contribution in [0.2, 0.25) is 15.1 Å². The molecular weight excluding hydrogens is 336 g/mol. The largest absolute Gasteiger partial charge is 0.487 e. The summed E-state index contributed by atoms with van der Waals surface area (Å²) in [7, 11) is 1.80. The number of ether oxygens (including phenoxy) is 1. The van der Waals surface area contributed by atoms with Crippen LogP contribution in [0.4, 0.5) is 4.39 Å². The Morgan fingerprint density at radius 2 is 1.81 bits per heavy atom. The van der Waals surface area contributed by atoms with Crippen LogP contribution < -0.4 is 10.1 Å². The second-order valence-corrected chi connectivity index (χ2v) is 5.71. The molecule has 2 aromatic rings. The lowest BCUT2D eigenvalue weighted by Gasteiger charge is -2.14. The monoisotopic (exact) mass is 347 g/mol. The molecule has 0 fully saturated rings. The van der Waals surface area contributed by atoms with Gasteiger partial charge < -0.3 is 10.1 Å². The molecule has 0 radical (unpaired) electrons. The van der Waals surface area contributed by atoms with E-state index in [2.05, 4.69) is 5.32 Å². The molecule has 0 saturated heterocycles. The molecule has 0 aliphatic heterocycles. The lowest BCUT2D eigenvalue weighted by atomic mass is 10.2. The quantitative estimate of drug-likeness (QED) is 0.813. The van der Waals surface area contributed by atoms with Crippen LogP contribution in [0.15, 0.2) is 30.3 Å². The Bertz CT molecular complexity index is 649. The summed E-state index contributed by atoms with van der Waals surface area (Å²) in [4.78, 5) is 0. The third kappa shape index (κ3) is 4.24. The van der Waals surface area contributed by atoms with Gasteiger partial charge >= 0.3 is 0 Å². The van der Waals surface area contributed by atoms with Gasteiger partial charge in [0.2, 0.25) is 0 Å². The van der Waals surface area contributed by atoms with E-state index in [1.807, 2.05) is 0 Å². The fraction of sp³-hybridized carbons (Fsp3) is 0.200. The highest BCUT2D eigenvalue weighted by molar-refractivity contribution is 6.35. The second kappa shape index (κ2) is 7.32. The van der Waals surface area contributed by atoms with E-state index in [0.29, 0.717) is 32.9 Å². The maximum Gasteiger partial charge on any atom is 0.142 e. The number of benzene rings is 2. The van der Waals surface area contributed by atoms with Crippen LogP contribution in [0, 0.1) is 5.82 Å². The molecule has 0 atom stereocenters. The molecular formula is C15H13Cl3FNO. The third-order valence-corrected chi connectivity index (χ3v) is 3.57. The van der Waals surface area contributed by atoms with Crippen LogP contribution in [0.3, 0.4) is 0 Å². The van der Waals surface area contributed by atoms with Crippen molar-refractivity contribution in [3.63, 3.8) is 0 Å². The lowest BCUT2D eigenvalue weighted by Crippen LogP contribution is -2.08. The minimum atomic E-state index is -0.414. The van der Waals surface area contributed by atoms with Crippen molar-refractivity contribution in [1.29, 1.82) is 0 Å². The SMILES string of the molecule is CNCc1cc(Cl)cc(Cl)c1OCc1ccc(Cl)cc1F. The van der Waals surface area contributed by atoms with Crippen LogP contribution in [0.1, 0.15) is 11.1 Å². The van der Waals surface area contributed by atoms with E-state index in [9.17, 15) is 4.39 Å². The lowest BCUT2D eigenvalue weighted by molar-refractivity contribution is 0.296. The number of hydrogen-bond acceptors (Lipinski definition) is 2. The molecule has 0 aliphatic rings. The van der Waals surface area contributed by atoms with Gasteiger partial charge in [-0.15, -0.1) is 0 Å². The van der Waals surface area contributed by atoms with E-state index in [1.54, 1.807) is 31.3 Å². The van der Waals surface area contributed by atoms with Crippen molar-refractivity contribution in [2.75, 3.05) is 7.05 Å². The maximum atomic E-state index is 13.7. The van der Waals surface area contributed by atoms with Gasteiger partial charge in [-0.2, -0.15) is 0 Å². The van der Waals surface area contributed by atoms with Crippen molar-refractivity contribution in [1.82, 2.24) is 5.32 Å². The predicted octanol–water partition coefficient (Wildman–Crippen LogP) is 5.08. The molecule has 2 nitrogen and oxygen atoms in total. The summed E-state index contributed by atoms with van der Waals surface area (Å²) < 4.78 is 19.4. The third-order valence-electron chi connectivity index (χ3n) is 2.84. The zero-order valence-electron chi connectivity index (χ0n) is 11.2. The van der Waals surface area contributed by atoms with Crippen molar-refractivity contribution in [2.45, 2.75) is 13.2 Å². The Morgan fingerprint density at radius 3 is 2.48 bits per heavy atom. The Hall–Kier alpha value is -1.00. The molecule has 0 bridgehead atoms. The van der Waals surface area contributed by atoms with Gasteiger partial charge in [0.15, 0.2) is 0 Å². The molecule has 1 N–H and O–H groups in total. The molecule has 0 aliphatic carbocycles. The van der Waals surface area contributed by atoms with E-state index in [1.165, 1.54) is 6.07 Å². The van der Waals surface area contributed by atoms with E-state index in [0.717, 1.165) is 5.56 Å². The minimum Gasteiger partial charge on any atom is -0.487 e. The molecule has 112 valence electrons. The molecule has 2 rings (SSSR count). The predicted molar refractivity (Wildman–Crippen MR) is 85.0 cm³/mol. The number of rotatable bonds is 5. The smallest absolute Gasteiger partial charge is 0.142 e. The first-order chi connectivity index (χ1) is 10.0. The fourth-order valence-electron chi connectivity index (χ4n) is 1.89. The highest BCUT2D eigenvalue weighted by Crippen LogP contribution is 2.33. The van der Waals surface area contributed by atoms with Crippen molar-refractivity contribution >= 4 is 34.8 Å². The standard InChI is InChI=1S/C15H13Cl3FNO/c1-20-7-10-4-12(17)5-13(18)15(10)21-8-9-2-3-11(16)6-14(9)19/h2-6,20H,7-8H2,1H3. The molecule has 0 spiro atoms. The Labute approximate surface area is 137 Å². The van der Waals surface area contributed by atoms with Crippen molar-refractivity contribution < 1.29 is 9.13 Å². The van der Waals surface area contributed by atoms with Crippen LogP contribution in [0.25, 0.3) is 0 Å². The van der Waals surface area contributed by atoms with E-state index >= 15 is 0 Å². The summed E-state index contributed by atoms with van der Waals surface area (Å²) in [5.41, 5.74) is 1.21. The number of nitrogens with one attached hydrogen (secondary N) is 1. The molecule has 21 heavy (non-hydrogen) atoms. The molecule has 0 unspecified atom stereocenters. The second-order valence-electron chi connectivity index (χ2n) is 4.43. The average molecular weight is 349 g/mol. The number of hydrogen-bond donors (Lipinski definition) is 1. The van der Waals surface area contributed by atoms with Crippen LogP contribution in [0.5, 0.6) is 5.75 Å².